The summed E-state index contributed by atoms with van der Waals surface area (Å²) in [7, 11) is 0. The van der Waals surface area contributed by atoms with Gasteiger partial charge in [0.25, 0.3) is 0 Å². The maximum absolute atomic E-state index is 12.4. The van der Waals surface area contributed by atoms with E-state index in [1.165, 1.54) is 0 Å². The maximum Gasteiger partial charge on any atom is 0.307 e. The number of amides is 1. The lowest BCUT2D eigenvalue weighted by atomic mass is 9.78. The second kappa shape index (κ2) is 5.09. The van der Waals surface area contributed by atoms with Crippen LogP contribution in [0.3, 0.4) is 0 Å². The van der Waals surface area contributed by atoms with E-state index in [0.717, 1.165) is 19.3 Å². The number of hydrogen-bond acceptors (Lipinski definition) is 2. The lowest BCUT2D eigenvalue weighted by Gasteiger charge is -2.27. The zero-order valence-electron chi connectivity index (χ0n) is 10.9. The van der Waals surface area contributed by atoms with E-state index in [0.29, 0.717) is 10.7 Å². The summed E-state index contributed by atoms with van der Waals surface area (Å²) >= 11 is 6.02. The lowest BCUT2D eigenvalue weighted by Crippen LogP contribution is -2.37. The van der Waals surface area contributed by atoms with Crippen LogP contribution in [0.5, 0.6) is 0 Å². The number of nitrogens with one attached hydrogen (secondary N) is 1. The average molecular weight is 294 g/mol. The molecule has 0 saturated heterocycles. The van der Waals surface area contributed by atoms with Crippen LogP contribution >= 0.6 is 11.6 Å². The van der Waals surface area contributed by atoms with Crippen LogP contribution in [-0.2, 0) is 9.59 Å². The third-order valence-electron chi connectivity index (χ3n) is 4.64. The molecule has 1 aromatic carbocycles. The number of carbonyl (C=O) groups is 2. The Morgan fingerprint density at radius 3 is 2.45 bits per heavy atom. The number of hydrogen-bond donors (Lipinski definition) is 2. The van der Waals surface area contributed by atoms with Crippen molar-refractivity contribution in [3.05, 3.63) is 29.3 Å². The number of aliphatic carboxylic acids is 1. The Morgan fingerprint density at radius 1 is 1.15 bits per heavy atom. The molecule has 2 aliphatic carbocycles. The van der Waals surface area contributed by atoms with Crippen molar-refractivity contribution in [3.63, 3.8) is 0 Å². The van der Waals surface area contributed by atoms with E-state index in [4.69, 9.17) is 11.6 Å². The molecule has 2 saturated carbocycles. The van der Waals surface area contributed by atoms with Crippen LogP contribution in [0.15, 0.2) is 24.3 Å². The first kappa shape index (κ1) is 13.4. The van der Waals surface area contributed by atoms with E-state index < -0.39 is 17.8 Å². The number of rotatable bonds is 3. The van der Waals surface area contributed by atoms with Crippen LogP contribution in [0.25, 0.3) is 0 Å². The van der Waals surface area contributed by atoms with Gasteiger partial charge in [-0.05, 0) is 43.2 Å². The van der Waals surface area contributed by atoms with Gasteiger partial charge in [0, 0.05) is 0 Å². The van der Waals surface area contributed by atoms with Crippen LogP contribution in [0.2, 0.25) is 5.02 Å². The van der Waals surface area contributed by atoms with Crippen molar-refractivity contribution in [3.8, 4) is 0 Å². The number of para-hydroxylation sites is 1. The van der Waals surface area contributed by atoms with Gasteiger partial charge in [0.15, 0.2) is 0 Å². The molecule has 2 fully saturated rings. The largest absolute Gasteiger partial charge is 0.481 e. The first-order valence-corrected chi connectivity index (χ1v) is 7.24. The van der Waals surface area contributed by atoms with Gasteiger partial charge in [-0.15, -0.1) is 0 Å². The van der Waals surface area contributed by atoms with Crippen molar-refractivity contribution in [1.29, 1.82) is 0 Å². The number of carboxylic acids is 1. The predicted octanol–water partition coefficient (Wildman–Crippen LogP) is 3.03. The number of benzene rings is 1. The van der Waals surface area contributed by atoms with Crippen molar-refractivity contribution in [2.24, 2.45) is 23.7 Å². The van der Waals surface area contributed by atoms with Crippen LogP contribution in [0, 0.1) is 23.7 Å². The normalized spacial score (nSPS) is 31.2. The summed E-state index contributed by atoms with van der Waals surface area (Å²) in [5, 5.41) is 12.6. The Bertz CT molecular complexity index is 560. The van der Waals surface area contributed by atoms with Gasteiger partial charge < -0.3 is 10.4 Å². The van der Waals surface area contributed by atoms with Crippen molar-refractivity contribution in [2.45, 2.75) is 19.3 Å². The SMILES string of the molecule is O=C(O)[C@H]1[C@H]2CC[C@H](C2)[C@@H]1C(=O)Nc1ccccc1Cl. The number of carbonyl (C=O) groups excluding carboxylic acids is 1. The molecule has 4 atom stereocenters. The summed E-state index contributed by atoms with van der Waals surface area (Å²) in [4.78, 5) is 23.9. The Hall–Kier alpha value is -1.55. The predicted molar refractivity (Wildman–Crippen MR) is 75.5 cm³/mol. The van der Waals surface area contributed by atoms with Gasteiger partial charge in [-0.3, -0.25) is 9.59 Å². The number of fused-ring (bicyclic) bond motifs is 2. The van der Waals surface area contributed by atoms with Crippen molar-refractivity contribution < 1.29 is 14.7 Å². The molecule has 0 heterocycles. The molecule has 0 radical (unpaired) electrons. The molecule has 3 rings (SSSR count). The van der Waals surface area contributed by atoms with Gasteiger partial charge in [-0.25, -0.2) is 0 Å². The minimum atomic E-state index is -0.850. The summed E-state index contributed by atoms with van der Waals surface area (Å²) in [6.07, 6.45) is 2.74. The number of anilines is 1. The highest BCUT2D eigenvalue weighted by Gasteiger charge is 2.53. The molecule has 1 amide bonds. The highest BCUT2D eigenvalue weighted by Crippen LogP contribution is 2.52. The molecule has 0 aromatic heterocycles. The fourth-order valence-electron chi connectivity index (χ4n) is 3.80. The van der Waals surface area contributed by atoms with Crippen LogP contribution < -0.4 is 5.32 Å². The van der Waals surface area contributed by atoms with Crippen molar-refractivity contribution >= 4 is 29.2 Å². The third kappa shape index (κ3) is 2.18. The third-order valence-corrected chi connectivity index (χ3v) is 4.97. The Kier molecular flexibility index (Phi) is 3.42. The quantitative estimate of drug-likeness (QED) is 0.900. The summed E-state index contributed by atoms with van der Waals surface area (Å²) in [6, 6.07) is 7.00. The van der Waals surface area contributed by atoms with E-state index in [1.807, 2.05) is 0 Å². The van der Waals surface area contributed by atoms with Crippen LogP contribution in [-0.4, -0.2) is 17.0 Å². The van der Waals surface area contributed by atoms with E-state index in [9.17, 15) is 14.7 Å². The van der Waals surface area contributed by atoms with Gasteiger partial charge >= 0.3 is 5.97 Å². The molecule has 1 aromatic rings. The van der Waals surface area contributed by atoms with E-state index >= 15 is 0 Å². The molecule has 2 N–H and O–H groups in total. The van der Waals surface area contributed by atoms with Gasteiger partial charge in [-0.1, -0.05) is 23.7 Å². The van der Waals surface area contributed by atoms with Crippen LogP contribution in [0.1, 0.15) is 19.3 Å². The van der Waals surface area contributed by atoms with Gasteiger partial charge in [0.1, 0.15) is 0 Å². The van der Waals surface area contributed by atoms with Crippen LogP contribution in [0.4, 0.5) is 5.69 Å². The van der Waals surface area contributed by atoms with E-state index in [-0.39, 0.29) is 17.7 Å². The maximum atomic E-state index is 12.4. The van der Waals surface area contributed by atoms with Gasteiger partial charge in [-0.2, -0.15) is 0 Å². The molecule has 2 bridgehead atoms. The summed E-state index contributed by atoms with van der Waals surface area (Å²) in [5.41, 5.74) is 0.547. The first-order valence-electron chi connectivity index (χ1n) is 6.86. The second-order valence-electron chi connectivity index (χ2n) is 5.69. The zero-order valence-corrected chi connectivity index (χ0v) is 11.6. The molecule has 4 nitrogen and oxygen atoms in total. The van der Waals surface area contributed by atoms with Crippen molar-refractivity contribution in [2.75, 3.05) is 5.32 Å². The smallest absolute Gasteiger partial charge is 0.307 e. The molecule has 2 aliphatic rings. The monoisotopic (exact) mass is 293 g/mol. The zero-order chi connectivity index (χ0) is 14.3. The average Bonchev–Trinajstić information content (AvgIpc) is 3.01. The molecule has 0 spiro atoms. The molecule has 106 valence electrons. The fraction of sp³-hybridized carbons (Fsp3) is 0.467. The summed E-state index contributed by atoms with van der Waals surface area (Å²) in [5.74, 6) is -1.68. The molecular weight excluding hydrogens is 278 g/mol. The lowest BCUT2D eigenvalue weighted by molar-refractivity contribution is -0.148. The first-order chi connectivity index (χ1) is 9.58. The van der Waals surface area contributed by atoms with E-state index in [1.54, 1.807) is 24.3 Å². The second-order valence-corrected chi connectivity index (χ2v) is 6.10. The number of halogens is 1. The summed E-state index contributed by atoms with van der Waals surface area (Å²) in [6.45, 7) is 0. The minimum absolute atomic E-state index is 0.152. The fourth-order valence-corrected chi connectivity index (χ4v) is 3.99. The van der Waals surface area contributed by atoms with E-state index in [2.05, 4.69) is 5.32 Å². The van der Waals surface area contributed by atoms with Gasteiger partial charge in [0.2, 0.25) is 5.91 Å². The highest BCUT2D eigenvalue weighted by molar-refractivity contribution is 6.33. The molecular formula is C15H16ClNO3. The molecule has 5 heteroatoms. The number of carboxylic acid groups (broad SMARTS) is 1. The molecule has 20 heavy (non-hydrogen) atoms. The van der Waals surface area contributed by atoms with Gasteiger partial charge in [0.05, 0.1) is 22.5 Å². The Labute approximate surface area is 122 Å². The molecule has 0 aliphatic heterocycles. The molecule has 0 unspecified atom stereocenters. The minimum Gasteiger partial charge on any atom is -0.481 e. The summed E-state index contributed by atoms with van der Waals surface area (Å²) < 4.78 is 0. The Morgan fingerprint density at radius 2 is 1.80 bits per heavy atom. The highest BCUT2D eigenvalue weighted by atomic mass is 35.5. The standard InChI is InChI=1S/C15H16ClNO3/c16-10-3-1-2-4-11(10)17-14(18)12-8-5-6-9(7-8)13(12)15(19)20/h1-4,8-9,12-13H,5-7H2,(H,17,18)(H,19,20)/t8-,9+,12+,13+/m1/s1. The van der Waals surface area contributed by atoms with Crippen molar-refractivity contribution in [1.82, 2.24) is 0 Å². The Balaban J connectivity index is 1.80. The topological polar surface area (TPSA) is 66.4 Å².